The molecule has 0 amide bonds. The van der Waals surface area contributed by atoms with E-state index in [0.717, 1.165) is 129 Å². The van der Waals surface area contributed by atoms with Gasteiger partial charge in [-0.15, -0.1) is 0 Å². The van der Waals surface area contributed by atoms with Gasteiger partial charge in [0.2, 0.25) is 28.5 Å². The van der Waals surface area contributed by atoms with E-state index in [4.69, 9.17) is 24.7 Å². The molecule has 12 rings (SSSR count). The summed E-state index contributed by atoms with van der Waals surface area (Å²) in [5, 5.41) is 0. The Balaban J connectivity index is 0.000000174. The predicted molar refractivity (Wildman–Crippen MR) is 392 cm³/mol. The molecule has 5 nitrogen and oxygen atoms in total. The standard InChI is InChI=1S/2C19H24N.2C17H22N.C16H20N/c2*1-14-8-4-7-11-17(14)19-12-18(15(2)13-20(19)3)16-9-5-6-10-16;2*1-5-14-11-17(18(4)12-15(14)6-2)16-10-8-7-9-13(16)3;1-5-14-10-16(17(4)11-13(14)3)15-9-7-6-8-12(15)2/h2*4,7-8,11-13,16H,5-6,9-10H2,1-3H3;2*7-12H,5-6H2,1-4H3;6-11H,5H2,1-4H3/q5*+1/i2D3,16D;2D3;5D2,6D2;5D2;3D3,5D2. The number of rotatable bonds is 12. The first kappa shape index (κ1) is 49.4. The summed E-state index contributed by atoms with van der Waals surface area (Å²) < 4.78 is 153. The zero-order chi connectivity index (χ0) is 82.5. The Bertz CT molecular complexity index is 4800. The minimum atomic E-state index is -2.35. The Hall–Kier alpha value is -8.15. The molecule has 93 heavy (non-hydrogen) atoms. The van der Waals surface area contributed by atoms with Gasteiger partial charge in [0, 0.05) is 111 Å². The van der Waals surface area contributed by atoms with Crippen LogP contribution in [0.4, 0.5) is 0 Å². The molecule has 0 atom stereocenters. The molecule has 2 aliphatic rings. The number of aryl methyl sites for hydroxylation is 18. The number of aromatic nitrogens is 5. The van der Waals surface area contributed by atoms with Crippen LogP contribution in [-0.2, 0) is 67.2 Å². The molecule has 5 heterocycles. The monoisotopic (exact) mass is 1260 g/mol. The van der Waals surface area contributed by atoms with Gasteiger partial charge in [0.25, 0.3) is 0 Å². The summed E-state index contributed by atoms with van der Waals surface area (Å²) in [4.78, 5) is 0. The van der Waals surface area contributed by atoms with Crippen molar-refractivity contribution in [3.8, 4) is 56.3 Å². The van der Waals surface area contributed by atoms with Gasteiger partial charge in [-0.05, 0) is 211 Å². The number of benzene rings is 5. The van der Waals surface area contributed by atoms with Gasteiger partial charge in [0.15, 0.2) is 31.0 Å². The molecule has 5 aromatic carbocycles. The lowest BCUT2D eigenvalue weighted by Crippen LogP contribution is -2.32. The summed E-state index contributed by atoms with van der Waals surface area (Å²) in [6, 6.07) is 49.8. The molecule has 0 N–H and O–H groups in total. The predicted octanol–water partition coefficient (Wildman–Crippen LogP) is 19.5. The van der Waals surface area contributed by atoms with Crippen LogP contribution in [0.15, 0.2) is 183 Å². The van der Waals surface area contributed by atoms with Crippen molar-refractivity contribution >= 4 is 0 Å². The number of hydrogen-bond acceptors (Lipinski definition) is 0. The Morgan fingerprint density at radius 3 is 0.978 bits per heavy atom. The molecule has 2 saturated carbocycles. The fourth-order valence-electron chi connectivity index (χ4n) is 13.0. The zero-order valence-electron chi connectivity index (χ0n) is 76.0. The van der Waals surface area contributed by atoms with Gasteiger partial charge in [-0.3, -0.25) is 0 Å². The molecular weight excluding hydrogens is 1130 g/mol. The topological polar surface area (TPSA) is 19.4 Å². The average molecular weight is 1260 g/mol. The third-order valence-corrected chi connectivity index (χ3v) is 18.4. The third-order valence-electron chi connectivity index (χ3n) is 18.4. The van der Waals surface area contributed by atoms with E-state index in [2.05, 4.69) is 80.9 Å². The van der Waals surface area contributed by atoms with E-state index in [1.54, 1.807) is 43.1 Å². The minimum absolute atomic E-state index is 0.0554. The fourth-order valence-corrected chi connectivity index (χ4v) is 13.0. The average Bonchev–Trinajstić information content (AvgIpc) is 1.75. The molecule has 0 saturated heterocycles. The number of nitrogens with zero attached hydrogens (tertiary/aromatic N) is 5. The zero-order valence-corrected chi connectivity index (χ0v) is 58.0. The van der Waals surface area contributed by atoms with E-state index < -0.39 is 51.9 Å². The second kappa shape index (κ2) is 33.6. The van der Waals surface area contributed by atoms with E-state index in [1.807, 2.05) is 159 Å². The van der Waals surface area contributed by atoms with Crippen molar-refractivity contribution in [2.75, 3.05) is 0 Å². The van der Waals surface area contributed by atoms with Crippen molar-refractivity contribution < 1.29 is 47.5 Å². The van der Waals surface area contributed by atoms with E-state index in [0.29, 0.717) is 33.7 Å². The highest BCUT2D eigenvalue weighted by Crippen LogP contribution is 2.38. The summed E-state index contributed by atoms with van der Waals surface area (Å²) in [7, 11) is 9.50. The lowest BCUT2D eigenvalue weighted by molar-refractivity contribution is -0.661. The van der Waals surface area contributed by atoms with Crippen LogP contribution in [-0.4, -0.2) is 0 Å². The van der Waals surface area contributed by atoms with Crippen molar-refractivity contribution in [2.45, 2.75) is 185 Å². The molecule has 2 aliphatic carbocycles. The van der Waals surface area contributed by atoms with Crippen molar-refractivity contribution in [3.63, 3.8) is 0 Å². The minimum Gasteiger partial charge on any atom is -0.201 e. The van der Waals surface area contributed by atoms with E-state index in [1.165, 1.54) is 56.5 Å². The SMILES string of the molecule is [2H]C([2H])(C)c1cc(-c2ccccc2C)[n+](C)cc1C([2H])([2H])C.[2H]C([2H])(C)c1cc(-c2ccccc2C)[n+](C)cc1CC.[2H]C([2H])([2H])c1c[n+](C)c(-c2ccccc2C)cc1C([2H])([2H])C.[2H]C([2H])([2H])c1c[n+](C)c(-c2ccccc2C)cc1C1([2H])CCCC1.[2H]C([2H])([2H])c1c[n+](C)c(-c2ccccc2C)cc1C1CCCC1. The molecule has 5 aromatic heterocycles. The molecule has 0 bridgehead atoms. The van der Waals surface area contributed by atoms with Crippen LogP contribution in [0.1, 0.15) is 206 Å². The maximum atomic E-state index is 8.87. The van der Waals surface area contributed by atoms with Gasteiger partial charge in [0.05, 0.1) is 0 Å². The third kappa shape index (κ3) is 17.6. The first-order valence-electron chi connectivity index (χ1n) is 42.0. The van der Waals surface area contributed by atoms with Gasteiger partial charge < -0.3 is 0 Å². The van der Waals surface area contributed by atoms with Crippen LogP contribution in [0.25, 0.3) is 56.3 Å². The van der Waals surface area contributed by atoms with Crippen molar-refractivity contribution in [2.24, 2.45) is 35.2 Å². The highest BCUT2D eigenvalue weighted by Gasteiger charge is 2.26. The van der Waals surface area contributed by atoms with Crippen LogP contribution >= 0.6 is 0 Å². The van der Waals surface area contributed by atoms with Crippen LogP contribution in [0.5, 0.6) is 0 Å². The quantitative estimate of drug-likeness (QED) is 0.109. The van der Waals surface area contributed by atoms with Crippen LogP contribution in [0.2, 0.25) is 0 Å². The van der Waals surface area contributed by atoms with E-state index >= 15 is 0 Å². The highest BCUT2D eigenvalue weighted by atomic mass is 14.9. The highest BCUT2D eigenvalue weighted by molar-refractivity contribution is 5.65. The molecular formula is C88H112N5+5. The van der Waals surface area contributed by atoms with Crippen LogP contribution in [0, 0.1) is 55.2 Å². The summed E-state index contributed by atoms with van der Waals surface area (Å²) in [5.74, 6) is -0.399. The molecule has 0 radical (unpaired) electrons. The Morgan fingerprint density at radius 2 is 0.624 bits per heavy atom. The Kier molecular flexibility index (Phi) is 17.9. The van der Waals surface area contributed by atoms with Crippen molar-refractivity contribution in [1.29, 1.82) is 0 Å². The van der Waals surface area contributed by atoms with Crippen molar-refractivity contribution in [3.05, 3.63) is 266 Å². The first-order valence-corrected chi connectivity index (χ1v) is 33.0. The van der Waals surface area contributed by atoms with Gasteiger partial charge in [-0.25, -0.2) is 22.8 Å². The van der Waals surface area contributed by atoms with Gasteiger partial charge in [-0.1, -0.05) is 151 Å². The maximum Gasteiger partial charge on any atom is 0.212 e. The Morgan fingerprint density at radius 1 is 0.333 bits per heavy atom. The lowest BCUT2D eigenvalue weighted by atomic mass is 9.92. The molecule has 0 aliphatic heterocycles. The lowest BCUT2D eigenvalue weighted by Gasteiger charge is -2.14. The second-order valence-corrected chi connectivity index (χ2v) is 24.9. The Labute approximate surface area is 587 Å². The summed E-state index contributed by atoms with van der Waals surface area (Å²) in [6.45, 7) is 11.7. The van der Waals surface area contributed by atoms with Gasteiger partial charge in [0.1, 0.15) is 35.2 Å². The van der Waals surface area contributed by atoms with Gasteiger partial charge >= 0.3 is 0 Å². The van der Waals surface area contributed by atoms with Crippen LogP contribution in [0.3, 0.4) is 0 Å². The number of pyridine rings is 5. The summed E-state index contributed by atoms with van der Waals surface area (Å²) in [5.41, 5.74) is 21.4. The fraction of sp³-hybridized carbons (Fsp3) is 0.375. The van der Waals surface area contributed by atoms with Crippen LogP contribution < -0.4 is 22.8 Å². The summed E-state index contributed by atoms with van der Waals surface area (Å²) in [6.07, 6.45) is 11.4. The molecule has 484 valence electrons. The molecule has 10 aromatic rings. The molecule has 2 fully saturated rings. The van der Waals surface area contributed by atoms with E-state index in [9.17, 15) is 0 Å². The molecule has 5 heteroatoms. The van der Waals surface area contributed by atoms with E-state index in [-0.39, 0.29) is 11.1 Å². The summed E-state index contributed by atoms with van der Waals surface area (Å²) >= 11 is 0. The molecule has 0 unspecified atom stereocenters. The maximum absolute atomic E-state index is 8.87. The normalized spacial score (nSPS) is 17.1. The van der Waals surface area contributed by atoms with Gasteiger partial charge in [-0.2, -0.15) is 0 Å². The van der Waals surface area contributed by atoms with Crippen molar-refractivity contribution in [1.82, 2.24) is 0 Å². The second-order valence-electron chi connectivity index (χ2n) is 24.9. The smallest absolute Gasteiger partial charge is 0.201 e. The molecule has 0 spiro atoms. The largest absolute Gasteiger partial charge is 0.212 e. The first-order chi connectivity index (χ1) is 51.5. The number of hydrogen-bond donors (Lipinski definition) is 0.